The van der Waals surface area contributed by atoms with Gasteiger partial charge in [-0.25, -0.2) is 4.79 Å². The summed E-state index contributed by atoms with van der Waals surface area (Å²) in [7, 11) is 0. The summed E-state index contributed by atoms with van der Waals surface area (Å²) in [6, 6.07) is 15.8. The van der Waals surface area contributed by atoms with Crippen molar-refractivity contribution < 1.29 is 19.1 Å². The zero-order chi connectivity index (χ0) is 20.4. The van der Waals surface area contributed by atoms with Crippen LogP contribution in [0.1, 0.15) is 41.6 Å². The number of likely N-dealkylation sites (tertiary alicyclic amines) is 1. The summed E-state index contributed by atoms with van der Waals surface area (Å²) < 4.78 is 6.34. The first-order valence-electron chi connectivity index (χ1n) is 9.75. The molecule has 0 N–H and O–H groups in total. The van der Waals surface area contributed by atoms with Crippen molar-refractivity contribution in [3.05, 3.63) is 70.2 Å². The number of halogens is 1. The largest absolute Gasteiger partial charge is 0.445 e. The number of ether oxygens (including phenoxy) is 1. The minimum atomic E-state index is -0.583. The Morgan fingerprint density at radius 1 is 1.03 bits per heavy atom. The van der Waals surface area contributed by atoms with Crippen molar-refractivity contribution in [1.29, 1.82) is 0 Å². The molecule has 2 fully saturated rings. The molecule has 0 bridgehead atoms. The van der Waals surface area contributed by atoms with Crippen molar-refractivity contribution in [3.8, 4) is 0 Å². The molecule has 1 heterocycles. The predicted octanol–water partition coefficient (Wildman–Crippen LogP) is 4.78. The van der Waals surface area contributed by atoms with E-state index in [-0.39, 0.29) is 30.0 Å². The van der Waals surface area contributed by atoms with Gasteiger partial charge in [-0.2, -0.15) is 0 Å². The van der Waals surface area contributed by atoms with Crippen LogP contribution in [0.25, 0.3) is 0 Å². The van der Waals surface area contributed by atoms with Crippen LogP contribution in [0, 0.1) is 5.41 Å². The normalized spacial score (nSPS) is 19.2. The van der Waals surface area contributed by atoms with Gasteiger partial charge < -0.3 is 4.74 Å². The van der Waals surface area contributed by atoms with Gasteiger partial charge in [-0.05, 0) is 42.4 Å². The van der Waals surface area contributed by atoms with Crippen LogP contribution >= 0.6 is 15.9 Å². The zero-order valence-corrected chi connectivity index (χ0v) is 17.6. The van der Waals surface area contributed by atoms with Crippen molar-refractivity contribution in [2.45, 2.75) is 38.3 Å². The second-order valence-electron chi connectivity index (χ2n) is 7.96. The maximum Gasteiger partial charge on any atom is 0.410 e. The molecule has 1 amide bonds. The maximum absolute atomic E-state index is 12.9. The van der Waals surface area contributed by atoms with Crippen LogP contribution in [0.5, 0.6) is 0 Å². The molecule has 1 saturated carbocycles. The van der Waals surface area contributed by atoms with Crippen molar-refractivity contribution in [1.82, 2.24) is 4.90 Å². The summed E-state index contributed by atoms with van der Waals surface area (Å²) >= 11 is 3.34. The van der Waals surface area contributed by atoms with Gasteiger partial charge in [-0.1, -0.05) is 58.4 Å². The molecule has 1 aliphatic heterocycles. The van der Waals surface area contributed by atoms with E-state index < -0.39 is 12.1 Å². The second kappa shape index (κ2) is 8.11. The van der Waals surface area contributed by atoms with E-state index >= 15 is 0 Å². The third-order valence-corrected chi connectivity index (χ3v) is 6.31. The fourth-order valence-corrected chi connectivity index (χ4v) is 4.16. The summed E-state index contributed by atoms with van der Waals surface area (Å²) in [4.78, 5) is 39.7. The Morgan fingerprint density at radius 3 is 2.38 bits per heavy atom. The number of ketones is 2. The van der Waals surface area contributed by atoms with E-state index in [2.05, 4.69) is 15.9 Å². The van der Waals surface area contributed by atoms with Gasteiger partial charge in [0.25, 0.3) is 0 Å². The number of rotatable bonds is 6. The lowest BCUT2D eigenvalue weighted by Crippen LogP contribution is -2.41. The van der Waals surface area contributed by atoms with Gasteiger partial charge in [0.2, 0.25) is 0 Å². The van der Waals surface area contributed by atoms with Crippen molar-refractivity contribution in [2.75, 3.05) is 6.54 Å². The highest BCUT2D eigenvalue weighted by molar-refractivity contribution is 9.10. The summed E-state index contributed by atoms with van der Waals surface area (Å²) in [5.74, 6) is -0.435. The standard InChI is InChI=1S/C23H22BrNO4/c24-18-8-6-17(7-9-18)20(26)12-21(27)19-13-23(10-11-23)15-25(19)22(28)29-14-16-4-2-1-3-5-16/h1-9,19H,10-15H2. The molecule has 2 aliphatic rings. The molecule has 6 heteroatoms. The van der Waals surface area contributed by atoms with Gasteiger partial charge in [0, 0.05) is 16.6 Å². The lowest BCUT2D eigenvalue weighted by Gasteiger charge is -2.23. The van der Waals surface area contributed by atoms with E-state index in [0.717, 1.165) is 22.9 Å². The topological polar surface area (TPSA) is 63.7 Å². The van der Waals surface area contributed by atoms with Crippen molar-refractivity contribution >= 4 is 33.6 Å². The molecule has 0 aromatic heterocycles. The minimum absolute atomic E-state index is 0.0345. The van der Waals surface area contributed by atoms with Crippen LogP contribution in [-0.2, 0) is 16.1 Å². The number of Topliss-reactive ketones (excluding diaryl/α,β-unsaturated/α-hetero) is 2. The van der Waals surface area contributed by atoms with Gasteiger partial charge >= 0.3 is 6.09 Å². The van der Waals surface area contributed by atoms with Gasteiger partial charge in [0.05, 0.1) is 12.5 Å². The van der Waals surface area contributed by atoms with E-state index in [4.69, 9.17) is 4.74 Å². The number of hydrogen-bond acceptors (Lipinski definition) is 4. The van der Waals surface area contributed by atoms with Crippen molar-refractivity contribution in [3.63, 3.8) is 0 Å². The number of nitrogens with zero attached hydrogens (tertiary/aromatic N) is 1. The fraction of sp³-hybridized carbons (Fsp3) is 0.348. The second-order valence-corrected chi connectivity index (χ2v) is 8.88. The first-order valence-corrected chi connectivity index (χ1v) is 10.5. The van der Waals surface area contributed by atoms with E-state index in [0.29, 0.717) is 18.5 Å². The van der Waals surface area contributed by atoms with E-state index in [1.54, 1.807) is 24.3 Å². The van der Waals surface area contributed by atoms with Gasteiger partial charge in [-0.15, -0.1) is 0 Å². The van der Waals surface area contributed by atoms with Gasteiger partial charge in [0.1, 0.15) is 6.61 Å². The summed E-state index contributed by atoms with van der Waals surface area (Å²) in [6.45, 7) is 0.700. The highest BCUT2D eigenvalue weighted by Gasteiger charge is 2.55. The lowest BCUT2D eigenvalue weighted by atomic mass is 9.97. The quantitative estimate of drug-likeness (QED) is 0.464. The highest BCUT2D eigenvalue weighted by Crippen LogP contribution is 2.55. The Bertz CT molecular complexity index is 922. The number of benzene rings is 2. The van der Waals surface area contributed by atoms with E-state index in [9.17, 15) is 14.4 Å². The maximum atomic E-state index is 12.9. The lowest BCUT2D eigenvalue weighted by molar-refractivity contribution is -0.122. The minimum Gasteiger partial charge on any atom is -0.445 e. The zero-order valence-electron chi connectivity index (χ0n) is 16.0. The number of carbonyl (C=O) groups is 3. The van der Waals surface area contributed by atoms with E-state index in [1.807, 2.05) is 30.3 Å². The molecule has 150 valence electrons. The summed E-state index contributed by atoms with van der Waals surface area (Å²) in [6.07, 6.45) is 1.97. The Labute approximate surface area is 178 Å². The van der Waals surface area contributed by atoms with E-state index in [1.165, 1.54) is 4.90 Å². The van der Waals surface area contributed by atoms with Gasteiger partial charge in [-0.3, -0.25) is 14.5 Å². The highest BCUT2D eigenvalue weighted by atomic mass is 79.9. The first kappa shape index (κ1) is 19.8. The third-order valence-electron chi connectivity index (χ3n) is 5.78. The third kappa shape index (κ3) is 4.58. The molecule has 29 heavy (non-hydrogen) atoms. The molecule has 2 aromatic carbocycles. The monoisotopic (exact) mass is 455 g/mol. The number of hydrogen-bond donors (Lipinski definition) is 0. The van der Waals surface area contributed by atoms with Crippen LogP contribution in [-0.4, -0.2) is 35.1 Å². The Balaban J connectivity index is 1.41. The van der Waals surface area contributed by atoms with Crippen LogP contribution < -0.4 is 0 Å². The SMILES string of the molecule is O=C(CC(=O)C1CC2(CC2)CN1C(=O)OCc1ccccc1)c1ccc(Br)cc1. The molecule has 1 spiro atoms. The predicted molar refractivity (Wildman–Crippen MR) is 112 cm³/mol. The summed E-state index contributed by atoms with van der Waals surface area (Å²) in [5, 5.41) is 0. The van der Waals surface area contributed by atoms with Crippen LogP contribution in [0.3, 0.4) is 0 Å². The first-order chi connectivity index (χ1) is 14.0. The van der Waals surface area contributed by atoms with Gasteiger partial charge in [0.15, 0.2) is 11.6 Å². The Kier molecular flexibility index (Phi) is 5.54. The molecule has 2 aromatic rings. The molecule has 1 atom stereocenters. The molecule has 1 aliphatic carbocycles. The molecular weight excluding hydrogens is 434 g/mol. The Morgan fingerprint density at radius 2 is 1.72 bits per heavy atom. The number of amides is 1. The van der Waals surface area contributed by atoms with Crippen molar-refractivity contribution in [2.24, 2.45) is 5.41 Å². The summed E-state index contributed by atoms with van der Waals surface area (Å²) in [5.41, 5.74) is 1.43. The molecule has 5 nitrogen and oxygen atoms in total. The molecule has 0 radical (unpaired) electrons. The molecular formula is C23H22BrNO4. The molecule has 4 rings (SSSR count). The fourth-order valence-electron chi connectivity index (χ4n) is 3.89. The molecule has 1 unspecified atom stereocenters. The average Bonchev–Trinajstić information content (AvgIpc) is 3.37. The average molecular weight is 456 g/mol. The van der Waals surface area contributed by atoms with Crippen LogP contribution in [0.4, 0.5) is 4.79 Å². The van der Waals surface area contributed by atoms with Crippen LogP contribution in [0.15, 0.2) is 59.1 Å². The molecule has 1 saturated heterocycles. The smallest absolute Gasteiger partial charge is 0.410 e. The van der Waals surface area contributed by atoms with Crippen LogP contribution in [0.2, 0.25) is 0 Å². The Hall–Kier alpha value is -2.47. The number of carbonyl (C=O) groups excluding carboxylic acids is 3.